The summed E-state index contributed by atoms with van der Waals surface area (Å²) in [5.74, 6) is 1.16. The number of nitrogens with zero attached hydrogens (tertiary/aromatic N) is 3. The number of ether oxygens (including phenoxy) is 2. The van der Waals surface area contributed by atoms with E-state index in [-0.39, 0.29) is 23.8 Å². The molecule has 0 aliphatic heterocycles. The standard InChI is InChI=1S/C20H18N4O4/c1-26-18-8-7-13(9-19(18)27-2)11-22-28-12-17(25)14(10-21)20-23-15-5-3-4-6-16(15)24-20/h3-9,11,25H,12H2,1-2H3,(H,23,24)/b17-14-,22-11+. The molecule has 8 heteroatoms. The van der Waals surface area contributed by atoms with Crippen LogP contribution in [0.25, 0.3) is 16.6 Å². The highest BCUT2D eigenvalue weighted by Crippen LogP contribution is 2.27. The Bertz CT molecular complexity index is 1050. The first-order valence-electron chi connectivity index (χ1n) is 8.31. The molecule has 0 radical (unpaired) electrons. The molecule has 0 saturated heterocycles. The van der Waals surface area contributed by atoms with Crippen molar-refractivity contribution in [2.24, 2.45) is 5.16 Å². The first-order valence-corrected chi connectivity index (χ1v) is 8.31. The van der Waals surface area contributed by atoms with Crippen LogP contribution < -0.4 is 9.47 Å². The number of aromatic nitrogens is 2. The van der Waals surface area contributed by atoms with Gasteiger partial charge in [0.15, 0.2) is 29.7 Å². The molecule has 0 amide bonds. The molecule has 0 aliphatic carbocycles. The lowest BCUT2D eigenvalue weighted by Gasteiger charge is -2.07. The first-order chi connectivity index (χ1) is 13.7. The van der Waals surface area contributed by atoms with Gasteiger partial charge in [0.25, 0.3) is 0 Å². The summed E-state index contributed by atoms with van der Waals surface area (Å²) >= 11 is 0. The highest BCUT2D eigenvalue weighted by Gasteiger charge is 2.13. The number of allylic oxidation sites excluding steroid dienone is 1. The number of rotatable bonds is 7. The van der Waals surface area contributed by atoms with Crippen molar-refractivity contribution in [2.75, 3.05) is 20.8 Å². The highest BCUT2D eigenvalue weighted by atomic mass is 16.6. The smallest absolute Gasteiger partial charge is 0.175 e. The van der Waals surface area contributed by atoms with Gasteiger partial charge in [0, 0.05) is 5.56 Å². The number of para-hydroxylation sites is 2. The molecule has 0 bridgehead atoms. The summed E-state index contributed by atoms with van der Waals surface area (Å²) < 4.78 is 10.4. The highest BCUT2D eigenvalue weighted by molar-refractivity contribution is 5.83. The maximum Gasteiger partial charge on any atom is 0.175 e. The predicted molar refractivity (Wildman–Crippen MR) is 104 cm³/mol. The Morgan fingerprint density at radius 3 is 2.71 bits per heavy atom. The normalized spacial score (nSPS) is 11.9. The van der Waals surface area contributed by atoms with E-state index in [4.69, 9.17) is 14.3 Å². The quantitative estimate of drug-likeness (QED) is 0.282. The summed E-state index contributed by atoms with van der Waals surface area (Å²) in [5.41, 5.74) is 2.19. The van der Waals surface area contributed by atoms with Crippen LogP contribution in [-0.4, -0.2) is 42.1 Å². The van der Waals surface area contributed by atoms with E-state index in [0.29, 0.717) is 17.0 Å². The van der Waals surface area contributed by atoms with Gasteiger partial charge in [-0.15, -0.1) is 0 Å². The Morgan fingerprint density at radius 1 is 1.21 bits per heavy atom. The number of hydrogen-bond donors (Lipinski definition) is 2. The average Bonchev–Trinajstić information content (AvgIpc) is 3.15. The van der Waals surface area contributed by atoms with Crippen LogP contribution in [0.4, 0.5) is 0 Å². The van der Waals surface area contributed by atoms with Crippen molar-refractivity contribution in [3.05, 3.63) is 59.6 Å². The van der Waals surface area contributed by atoms with Crippen molar-refractivity contribution in [3.63, 3.8) is 0 Å². The molecule has 0 spiro atoms. The number of nitriles is 1. The minimum atomic E-state index is -0.274. The molecule has 1 aromatic heterocycles. The molecule has 0 fully saturated rings. The number of aromatic amines is 1. The molecule has 8 nitrogen and oxygen atoms in total. The van der Waals surface area contributed by atoms with Crippen LogP contribution in [0.15, 0.2) is 53.4 Å². The summed E-state index contributed by atoms with van der Waals surface area (Å²) in [6, 6.07) is 14.5. The third kappa shape index (κ3) is 4.04. The van der Waals surface area contributed by atoms with Crippen LogP contribution in [0.2, 0.25) is 0 Å². The van der Waals surface area contributed by atoms with E-state index in [9.17, 15) is 10.4 Å². The van der Waals surface area contributed by atoms with E-state index in [2.05, 4.69) is 15.1 Å². The number of nitrogens with one attached hydrogen (secondary N) is 1. The lowest BCUT2D eigenvalue weighted by molar-refractivity contribution is 0.139. The number of H-pyrrole nitrogens is 1. The maximum atomic E-state index is 10.2. The number of benzene rings is 2. The Kier molecular flexibility index (Phi) is 5.77. The molecule has 1 heterocycles. The predicted octanol–water partition coefficient (Wildman–Crippen LogP) is 3.42. The van der Waals surface area contributed by atoms with E-state index in [0.717, 1.165) is 11.1 Å². The molecule has 3 aromatic rings. The van der Waals surface area contributed by atoms with Gasteiger partial charge in [-0.25, -0.2) is 4.98 Å². The van der Waals surface area contributed by atoms with Crippen molar-refractivity contribution in [1.82, 2.24) is 9.97 Å². The lowest BCUT2D eigenvalue weighted by Crippen LogP contribution is -1.99. The SMILES string of the molecule is COc1ccc(/C=N/OC/C(O)=C(\C#N)c2nc3ccccc3[nH]2)cc1OC. The van der Waals surface area contributed by atoms with Crippen LogP contribution in [-0.2, 0) is 4.84 Å². The largest absolute Gasteiger partial charge is 0.507 e. The minimum absolute atomic E-state index is 0.00230. The zero-order valence-corrected chi connectivity index (χ0v) is 15.3. The van der Waals surface area contributed by atoms with Gasteiger partial charge in [-0.1, -0.05) is 17.3 Å². The van der Waals surface area contributed by atoms with E-state index in [1.807, 2.05) is 30.3 Å². The van der Waals surface area contributed by atoms with Gasteiger partial charge < -0.3 is 24.4 Å². The van der Waals surface area contributed by atoms with E-state index < -0.39 is 0 Å². The Morgan fingerprint density at radius 2 is 2.00 bits per heavy atom. The summed E-state index contributed by atoms with van der Waals surface area (Å²) in [4.78, 5) is 12.4. The molecule has 0 unspecified atom stereocenters. The van der Waals surface area contributed by atoms with Gasteiger partial charge in [0.2, 0.25) is 0 Å². The Hall–Kier alpha value is -3.99. The number of imidazole rings is 1. The van der Waals surface area contributed by atoms with Crippen molar-refractivity contribution in [1.29, 1.82) is 5.26 Å². The van der Waals surface area contributed by atoms with Crippen LogP contribution in [0.3, 0.4) is 0 Å². The second-order valence-electron chi connectivity index (χ2n) is 5.66. The second kappa shape index (κ2) is 8.60. The fraction of sp³-hybridized carbons (Fsp3) is 0.150. The molecule has 0 aliphatic rings. The maximum absolute atomic E-state index is 10.2. The number of fused-ring (bicyclic) bond motifs is 1. The van der Waals surface area contributed by atoms with Crippen molar-refractivity contribution in [2.45, 2.75) is 0 Å². The molecule has 0 saturated carbocycles. The number of methoxy groups -OCH3 is 2. The molecular formula is C20H18N4O4. The lowest BCUT2D eigenvalue weighted by atomic mass is 10.2. The van der Waals surface area contributed by atoms with Crippen LogP contribution in [0.1, 0.15) is 11.4 Å². The van der Waals surface area contributed by atoms with Crippen LogP contribution >= 0.6 is 0 Å². The molecule has 2 aromatic carbocycles. The van der Waals surface area contributed by atoms with Crippen LogP contribution in [0, 0.1) is 11.3 Å². The zero-order chi connectivity index (χ0) is 19.9. The number of oxime groups is 1. The summed E-state index contributed by atoms with van der Waals surface area (Å²) in [5, 5.41) is 23.4. The third-order valence-electron chi connectivity index (χ3n) is 3.91. The molecular weight excluding hydrogens is 360 g/mol. The monoisotopic (exact) mass is 378 g/mol. The van der Waals surface area contributed by atoms with Crippen molar-refractivity contribution < 1.29 is 19.4 Å². The first kappa shape index (κ1) is 18.8. The summed E-state index contributed by atoms with van der Waals surface area (Å²) in [6.07, 6.45) is 1.46. The van der Waals surface area contributed by atoms with Gasteiger partial charge in [-0.2, -0.15) is 5.26 Å². The average molecular weight is 378 g/mol. The third-order valence-corrected chi connectivity index (χ3v) is 3.91. The molecule has 0 atom stereocenters. The van der Waals surface area contributed by atoms with Gasteiger partial charge in [-0.3, -0.25) is 0 Å². The number of hydrogen-bond acceptors (Lipinski definition) is 7. The van der Waals surface area contributed by atoms with Gasteiger partial charge >= 0.3 is 0 Å². The topological polar surface area (TPSA) is 113 Å². The van der Waals surface area contributed by atoms with Gasteiger partial charge in [0.05, 0.1) is 31.5 Å². The van der Waals surface area contributed by atoms with Crippen LogP contribution in [0.5, 0.6) is 11.5 Å². The minimum Gasteiger partial charge on any atom is -0.507 e. The number of aliphatic hydroxyl groups is 1. The van der Waals surface area contributed by atoms with E-state index >= 15 is 0 Å². The second-order valence-corrected chi connectivity index (χ2v) is 5.66. The molecule has 142 valence electrons. The fourth-order valence-electron chi connectivity index (χ4n) is 2.53. The fourth-order valence-corrected chi connectivity index (χ4v) is 2.53. The molecule has 2 N–H and O–H groups in total. The van der Waals surface area contributed by atoms with Gasteiger partial charge in [-0.05, 0) is 30.3 Å². The zero-order valence-electron chi connectivity index (χ0n) is 15.3. The molecule has 3 rings (SSSR count). The number of aliphatic hydroxyl groups excluding tert-OH is 1. The molecule has 28 heavy (non-hydrogen) atoms. The van der Waals surface area contributed by atoms with E-state index in [1.165, 1.54) is 6.21 Å². The summed E-state index contributed by atoms with van der Waals surface area (Å²) in [7, 11) is 3.10. The Balaban J connectivity index is 1.70. The van der Waals surface area contributed by atoms with Gasteiger partial charge in [0.1, 0.15) is 11.6 Å². The van der Waals surface area contributed by atoms with Crippen molar-refractivity contribution in [3.8, 4) is 17.6 Å². The summed E-state index contributed by atoms with van der Waals surface area (Å²) in [6.45, 7) is -0.274. The van der Waals surface area contributed by atoms with E-state index in [1.54, 1.807) is 32.4 Å². The Labute approximate surface area is 161 Å². The van der Waals surface area contributed by atoms with Crippen molar-refractivity contribution >= 4 is 22.8 Å².